The fourth-order valence-electron chi connectivity index (χ4n) is 6.36. The topological polar surface area (TPSA) is 61.3 Å². The van der Waals surface area contributed by atoms with Gasteiger partial charge < -0.3 is 16.2 Å². The number of nitrogens with two attached hydrogens (primary N) is 2. The Balaban J connectivity index is 0.000000235. The Kier molecular flexibility index (Phi) is 9.03. The molecule has 3 nitrogen and oxygen atoms in total. The van der Waals surface area contributed by atoms with Crippen molar-refractivity contribution in [1.29, 1.82) is 0 Å². The highest BCUT2D eigenvalue weighted by atomic mass is 16.5. The summed E-state index contributed by atoms with van der Waals surface area (Å²) in [5.74, 6) is 0. The van der Waals surface area contributed by atoms with Gasteiger partial charge in [-0.25, -0.2) is 0 Å². The molecule has 184 valence electrons. The molecule has 0 radical (unpaired) electrons. The average Bonchev–Trinajstić information content (AvgIpc) is 2.79. The van der Waals surface area contributed by atoms with E-state index in [0.29, 0.717) is 34.4 Å². The van der Waals surface area contributed by atoms with Gasteiger partial charge in [-0.05, 0) is 78.6 Å². The van der Waals surface area contributed by atoms with Crippen molar-refractivity contribution < 1.29 is 4.74 Å². The summed E-state index contributed by atoms with van der Waals surface area (Å²) >= 11 is 0. The Labute approximate surface area is 199 Å². The van der Waals surface area contributed by atoms with Gasteiger partial charge in [-0.3, -0.25) is 0 Å². The van der Waals surface area contributed by atoms with E-state index in [1.54, 1.807) is 0 Å². The van der Waals surface area contributed by atoms with Crippen molar-refractivity contribution >= 4 is 0 Å². The molecule has 0 bridgehead atoms. The van der Waals surface area contributed by atoms with Gasteiger partial charge in [0.25, 0.3) is 0 Å². The van der Waals surface area contributed by atoms with Crippen LogP contribution in [0.2, 0.25) is 0 Å². The molecule has 3 rings (SSSR count). The quantitative estimate of drug-likeness (QED) is 0.508. The van der Waals surface area contributed by atoms with E-state index in [-0.39, 0.29) is 5.41 Å². The van der Waals surface area contributed by atoms with E-state index < -0.39 is 0 Å². The zero-order chi connectivity index (χ0) is 24.2. The van der Waals surface area contributed by atoms with Gasteiger partial charge in [-0.2, -0.15) is 0 Å². The van der Waals surface area contributed by atoms with Crippen molar-refractivity contribution in [3.8, 4) is 0 Å². The maximum absolute atomic E-state index is 6.34. The molecule has 0 aliphatic heterocycles. The number of rotatable bonds is 3. The SMILES string of the molecule is CC1(C)CCC(C)(Cc2ccccc2)CC(N)C1.COC1CC(C)(C)CC(N)CC1(C)C. The van der Waals surface area contributed by atoms with Crippen LogP contribution in [0.3, 0.4) is 0 Å². The summed E-state index contributed by atoms with van der Waals surface area (Å²) in [6, 6.07) is 11.5. The summed E-state index contributed by atoms with van der Waals surface area (Å²) in [6.07, 6.45) is 9.70. The Morgan fingerprint density at radius 1 is 0.750 bits per heavy atom. The van der Waals surface area contributed by atoms with Crippen LogP contribution in [0, 0.1) is 21.7 Å². The van der Waals surface area contributed by atoms with Gasteiger partial charge in [-0.15, -0.1) is 0 Å². The lowest BCUT2D eigenvalue weighted by Gasteiger charge is -2.34. The first-order valence-corrected chi connectivity index (χ1v) is 12.7. The molecule has 1 aromatic carbocycles. The highest BCUT2D eigenvalue weighted by Crippen LogP contribution is 2.44. The third-order valence-corrected chi connectivity index (χ3v) is 7.95. The molecule has 32 heavy (non-hydrogen) atoms. The second kappa shape index (κ2) is 10.6. The lowest BCUT2D eigenvalue weighted by molar-refractivity contribution is -0.0137. The van der Waals surface area contributed by atoms with Gasteiger partial charge in [0.05, 0.1) is 6.10 Å². The monoisotopic (exact) mass is 444 g/mol. The van der Waals surface area contributed by atoms with Crippen LogP contribution in [-0.4, -0.2) is 25.3 Å². The molecular formula is C29H52N2O. The van der Waals surface area contributed by atoms with Crippen molar-refractivity contribution in [2.45, 2.75) is 118 Å². The maximum atomic E-state index is 6.34. The fraction of sp³-hybridized carbons (Fsp3) is 0.793. The number of hydrogen-bond acceptors (Lipinski definition) is 3. The van der Waals surface area contributed by atoms with Gasteiger partial charge in [0.1, 0.15) is 0 Å². The minimum Gasteiger partial charge on any atom is -0.381 e. The van der Waals surface area contributed by atoms with E-state index >= 15 is 0 Å². The minimum absolute atomic E-state index is 0.210. The van der Waals surface area contributed by atoms with Crippen molar-refractivity contribution in [2.24, 2.45) is 33.1 Å². The Morgan fingerprint density at radius 3 is 1.91 bits per heavy atom. The third-order valence-electron chi connectivity index (χ3n) is 7.95. The zero-order valence-electron chi connectivity index (χ0n) is 22.3. The number of methoxy groups -OCH3 is 1. The van der Waals surface area contributed by atoms with Crippen LogP contribution in [0.5, 0.6) is 0 Å². The van der Waals surface area contributed by atoms with Gasteiger partial charge in [0.2, 0.25) is 0 Å². The summed E-state index contributed by atoms with van der Waals surface area (Å²) in [4.78, 5) is 0. The van der Waals surface area contributed by atoms with E-state index in [4.69, 9.17) is 16.2 Å². The summed E-state index contributed by atoms with van der Waals surface area (Å²) in [5.41, 5.74) is 15.2. The molecule has 4 unspecified atom stereocenters. The summed E-state index contributed by atoms with van der Waals surface area (Å²) in [5, 5.41) is 0. The minimum atomic E-state index is 0.210. The van der Waals surface area contributed by atoms with E-state index in [9.17, 15) is 0 Å². The zero-order valence-corrected chi connectivity index (χ0v) is 22.3. The standard InChI is InChI=1S/C17H27N.C12H25NO/c1-16(2)9-10-17(3,13-15(18)12-16)11-14-7-5-4-6-8-14;1-11(2)6-9(13)7-12(3,4)10(8-11)14-5/h4-8,15H,9-13,18H2,1-3H3;9-10H,6-8,13H2,1-5H3. The van der Waals surface area contributed by atoms with Crippen molar-refractivity contribution in [1.82, 2.24) is 0 Å². The fourth-order valence-corrected chi connectivity index (χ4v) is 6.36. The predicted octanol–water partition coefficient (Wildman–Crippen LogP) is 6.73. The smallest absolute Gasteiger partial charge is 0.0627 e. The molecule has 1 aromatic rings. The van der Waals surface area contributed by atoms with Crippen LogP contribution in [0.15, 0.2) is 30.3 Å². The van der Waals surface area contributed by atoms with Crippen LogP contribution in [0.4, 0.5) is 0 Å². The van der Waals surface area contributed by atoms with Gasteiger partial charge in [-0.1, -0.05) is 78.8 Å². The molecule has 0 spiro atoms. The molecule has 2 aliphatic carbocycles. The number of ether oxygens (including phenoxy) is 1. The lowest BCUT2D eigenvalue weighted by Crippen LogP contribution is -2.34. The first kappa shape index (κ1) is 27.3. The van der Waals surface area contributed by atoms with Gasteiger partial charge in [0, 0.05) is 19.2 Å². The molecule has 2 fully saturated rings. The normalized spacial score (nSPS) is 33.9. The van der Waals surface area contributed by atoms with Crippen LogP contribution in [0.25, 0.3) is 0 Å². The maximum Gasteiger partial charge on any atom is 0.0627 e. The second-order valence-electron chi connectivity index (χ2n) is 13.6. The largest absolute Gasteiger partial charge is 0.381 e. The summed E-state index contributed by atoms with van der Waals surface area (Å²) in [7, 11) is 1.82. The molecule has 4 N–H and O–H groups in total. The molecular weight excluding hydrogens is 392 g/mol. The first-order valence-electron chi connectivity index (χ1n) is 12.7. The van der Waals surface area contributed by atoms with Crippen LogP contribution < -0.4 is 11.5 Å². The van der Waals surface area contributed by atoms with Crippen LogP contribution in [0.1, 0.15) is 99.0 Å². The van der Waals surface area contributed by atoms with E-state index in [1.165, 1.54) is 18.4 Å². The van der Waals surface area contributed by atoms with E-state index in [1.807, 2.05) is 7.11 Å². The van der Waals surface area contributed by atoms with E-state index in [0.717, 1.165) is 38.5 Å². The molecule has 0 heterocycles. The lowest BCUT2D eigenvalue weighted by atomic mass is 9.76. The van der Waals surface area contributed by atoms with Gasteiger partial charge in [0.15, 0.2) is 0 Å². The first-order chi connectivity index (χ1) is 14.7. The van der Waals surface area contributed by atoms with Crippen molar-refractivity contribution in [3.63, 3.8) is 0 Å². The molecule has 3 heteroatoms. The number of benzene rings is 1. The van der Waals surface area contributed by atoms with Crippen LogP contribution in [-0.2, 0) is 11.2 Å². The Morgan fingerprint density at radius 2 is 1.31 bits per heavy atom. The molecule has 4 atom stereocenters. The van der Waals surface area contributed by atoms with E-state index in [2.05, 4.69) is 78.8 Å². The van der Waals surface area contributed by atoms with Crippen LogP contribution >= 0.6 is 0 Å². The molecule has 0 amide bonds. The average molecular weight is 445 g/mol. The molecule has 2 aliphatic rings. The van der Waals surface area contributed by atoms with Gasteiger partial charge >= 0.3 is 0 Å². The van der Waals surface area contributed by atoms with Crippen molar-refractivity contribution in [3.05, 3.63) is 35.9 Å². The predicted molar refractivity (Wildman–Crippen MR) is 139 cm³/mol. The summed E-state index contributed by atoms with van der Waals surface area (Å²) in [6.45, 7) is 16.3. The Hall–Kier alpha value is -0.900. The molecule has 0 aromatic heterocycles. The second-order valence-corrected chi connectivity index (χ2v) is 13.6. The number of hydrogen-bond donors (Lipinski definition) is 2. The Bertz CT molecular complexity index is 696. The third kappa shape index (κ3) is 8.47. The summed E-state index contributed by atoms with van der Waals surface area (Å²) < 4.78 is 5.61. The molecule has 2 saturated carbocycles. The van der Waals surface area contributed by atoms with Crippen molar-refractivity contribution in [2.75, 3.05) is 7.11 Å². The molecule has 0 saturated heterocycles. The highest BCUT2D eigenvalue weighted by molar-refractivity contribution is 5.16. The highest BCUT2D eigenvalue weighted by Gasteiger charge is 2.40.